The molecule has 0 aliphatic carbocycles. The van der Waals surface area contributed by atoms with Crippen LogP contribution >= 0.6 is 23.2 Å². The number of carbonyl (C=O) groups is 1. The number of ether oxygens (including phenoxy) is 2. The van der Waals surface area contributed by atoms with Gasteiger partial charge in [-0.2, -0.15) is 0 Å². The Kier molecular flexibility index (Phi) is 5.02. The van der Waals surface area contributed by atoms with Crippen molar-refractivity contribution >= 4 is 40.7 Å². The first-order chi connectivity index (χ1) is 13.5. The van der Waals surface area contributed by atoms with E-state index in [1.165, 1.54) is 0 Å². The SMILES string of the molecule is Cc1noc(NCc2ccc3c(c2)OCO3)c1C(=O)Nc1cc(Cl)cc(Cl)c1. The first-order valence-corrected chi connectivity index (χ1v) is 9.11. The molecule has 9 heteroatoms. The van der Waals surface area contributed by atoms with Crippen LogP contribution in [0.2, 0.25) is 10.0 Å². The van der Waals surface area contributed by atoms with E-state index in [1.54, 1.807) is 25.1 Å². The fourth-order valence-corrected chi connectivity index (χ4v) is 3.34. The van der Waals surface area contributed by atoms with Crippen LogP contribution < -0.4 is 20.1 Å². The molecule has 1 aliphatic heterocycles. The summed E-state index contributed by atoms with van der Waals surface area (Å²) in [6, 6.07) is 10.4. The normalized spacial score (nSPS) is 12.1. The van der Waals surface area contributed by atoms with E-state index in [0.717, 1.165) is 5.56 Å². The van der Waals surface area contributed by atoms with Crippen LogP contribution in [-0.2, 0) is 6.54 Å². The average molecular weight is 420 g/mol. The zero-order chi connectivity index (χ0) is 19.7. The van der Waals surface area contributed by atoms with E-state index in [4.69, 9.17) is 37.2 Å². The number of amides is 1. The minimum Gasteiger partial charge on any atom is -0.454 e. The summed E-state index contributed by atoms with van der Waals surface area (Å²) >= 11 is 12.0. The second kappa shape index (κ2) is 7.61. The van der Waals surface area contributed by atoms with Crippen molar-refractivity contribution in [3.63, 3.8) is 0 Å². The monoisotopic (exact) mass is 419 g/mol. The average Bonchev–Trinajstić information content (AvgIpc) is 3.24. The van der Waals surface area contributed by atoms with Gasteiger partial charge in [-0.3, -0.25) is 4.79 Å². The molecule has 2 N–H and O–H groups in total. The number of hydrogen-bond donors (Lipinski definition) is 2. The standard InChI is InChI=1S/C19H15Cl2N3O4/c1-10-17(18(25)23-14-6-12(20)5-13(21)7-14)19(28-24-10)22-8-11-2-3-15-16(4-11)27-9-26-15/h2-7,22H,8-9H2,1H3,(H,23,25). The third-order valence-corrected chi connectivity index (χ3v) is 4.54. The predicted octanol–water partition coefficient (Wildman–Crippen LogP) is 4.88. The summed E-state index contributed by atoms with van der Waals surface area (Å²) < 4.78 is 16.0. The molecule has 0 saturated carbocycles. The summed E-state index contributed by atoms with van der Waals surface area (Å²) in [6.45, 7) is 2.31. The summed E-state index contributed by atoms with van der Waals surface area (Å²) in [5.74, 6) is 1.27. The zero-order valence-corrected chi connectivity index (χ0v) is 16.2. The maximum atomic E-state index is 12.7. The Morgan fingerprint density at radius 2 is 1.86 bits per heavy atom. The van der Waals surface area contributed by atoms with Gasteiger partial charge in [-0.25, -0.2) is 0 Å². The molecule has 0 spiro atoms. The molecule has 28 heavy (non-hydrogen) atoms. The van der Waals surface area contributed by atoms with Crippen LogP contribution in [0.1, 0.15) is 21.6 Å². The minimum atomic E-state index is -0.384. The Morgan fingerprint density at radius 3 is 2.64 bits per heavy atom. The van der Waals surface area contributed by atoms with Gasteiger partial charge in [0.1, 0.15) is 5.56 Å². The quantitative estimate of drug-likeness (QED) is 0.612. The van der Waals surface area contributed by atoms with Crippen molar-refractivity contribution in [3.8, 4) is 11.5 Å². The van der Waals surface area contributed by atoms with Gasteiger partial charge < -0.3 is 24.6 Å². The highest BCUT2D eigenvalue weighted by Gasteiger charge is 2.21. The summed E-state index contributed by atoms with van der Waals surface area (Å²) in [7, 11) is 0. The lowest BCUT2D eigenvalue weighted by atomic mass is 10.2. The van der Waals surface area contributed by atoms with Crippen LogP contribution in [0.3, 0.4) is 0 Å². The van der Waals surface area contributed by atoms with Crippen molar-refractivity contribution in [2.45, 2.75) is 13.5 Å². The number of nitrogens with one attached hydrogen (secondary N) is 2. The summed E-state index contributed by atoms with van der Waals surface area (Å²) in [5, 5.41) is 10.6. The summed E-state index contributed by atoms with van der Waals surface area (Å²) in [6.07, 6.45) is 0. The molecule has 144 valence electrons. The number of carbonyl (C=O) groups excluding carboxylic acids is 1. The number of anilines is 2. The van der Waals surface area contributed by atoms with Crippen molar-refractivity contribution in [2.75, 3.05) is 17.4 Å². The van der Waals surface area contributed by atoms with Crippen molar-refractivity contribution in [3.05, 3.63) is 63.3 Å². The molecule has 4 rings (SSSR count). The molecule has 0 atom stereocenters. The number of aromatic nitrogens is 1. The maximum Gasteiger partial charge on any atom is 0.263 e. The second-order valence-electron chi connectivity index (χ2n) is 6.13. The van der Waals surface area contributed by atoms with E-state index >= 15 is 0 Å². The fourth-order valence-electron chi connectivity index (χ4n) is 2.81. The largest absolute Gasteiger partial charge is 0.454 e. The zero-order valence-electron chi connectivity index (χ0n) is 14.7. The number of aryl methyl sites for hydroxylation is 1. The van der Waals surface area contributed by atoms with Crippen LogP contribution in [0.4, 0.5) is 11.6 Å². The number of halogens is 2. The van der Waals surface area contributed by atoms with Gasteiger partial charge >= 0.3 is 0 Å². The van der Waals surface area contributed by atoms with Crippen LogP contribution in [0, 0.1) is 6.92 Å². The molecule has 0 saturated heterocycles. The van der Waals surface area contributed by atoms with E-state index in [-0.39, 0.29) is 18.6 Å². The summed E-state index contributed by atoms with van der Waals surface area (Å²) in [5.41, 5.74) is 2.17. The smallest absolute Gasteiger partial charge is 0.263 e. The van der Waals surface area contributed by atoms with Crippen LogP contribution in [-0.4, -0.2) is 17.9 Å². The van der Waals surface area contributed by atoms with Crippen LogP contribution in [0.25, 0.3) is 0 Å². The first kappa shape index (κ1) is 18.5. The van der Waals surface area contributed by atoms with Crippen LogP contribution in [0.5, 0.6) is 11.5 Å². The topological polar surface area (TPSA) is 85.6 Å². The molecule has 0 fully saturated rings. The molecule has 7 nitrogen and oxygen atoms in total. The van der Waals surface area contributed by atoms with Gasteiger partial charge in [0.2, 0.25) is 12.7 Å². The van der Waals surface area contributed by atoms with E-state index in [2.05, 4.69) is 15.8 Å². The van der Waals surface area contributed by atoms with Crippen molar-refractivity contribution in [1.29, 1.82) is 0 Å². The molecule has 2 heterocycles. The second-order valence-corrected chi connectivity index (χ2v) is 7.00. The number of hydrogen-bond acceptors (Lipinski definition) is 6. The Labute approximate surface area is 170 Å². The predicted molar refractivity (Wildman–Crippen MR) is 106 cm³/mol. The first-order valence-electron chi connectivity index (χ1n) is 8.36. The van der Waals surface area contributed by atoms with E-state index in [1.807, 2.05) is 18.2 Å². The Balaban J connectivity index is 1.49. The lowest BCUT2D eigenvalue weighted by molar-refractivity contribution is 0.102. The van der Waals surface area contributed by atoms with E-state index < -0.39 is 0 Å². The molecule has 0 radical (unpaired) electrons. The summed E-state index contributed by atoms with van der Waals surface area (Å²) in [4.78, 5) is 12.7. The number of fused-ring (bicyclic) bond motifs is 1. The van der Waals surface area contributed by atoms with Gasteiger partial charge in [0.25, 0.3) is 5.91 Å². The number of rotatable bonds is 5. The molecule has 1 aromatic heterocycles. The van der Waals surface area contributed by atoms with Gasteiger partial charge in [0.15, 0.2) is 11.5 Å². The van der Waals surface area contributed by atoms with Gasteiger partial charge in [0.05, 0.1) is 5.69 Å². The Hall–Kier alpha value is -2.90. The molecule has 1 amide bonds. The third kappa shape index (κ3) is 3.85. The highest BCUT2D eigenvalue weighted by atomic mass is 35.5. The minimum absolute atomic E-state index is 0.214. The van der Waals surface area contributed by atoms with Gasteiger partial charge in [-0.1, -0.05) is 34.4 Å². The van der Waals surface area contributed by atoms with E-state index in [0.29, 0.717) is 45.0 Å². The lowest BCUT2D eigenvalue weighted by Gasteiger charge is -2.08. The van der Waals surface area contributed by atoms with Gasteiger partial charge in [-0.05, 0) is 42.8 Å². The van der Waals surface area contributed by atoms with Gasteiger partial charge in [0, 0.05) is 22.3 Å². The molecular weight excluding hydrogens is 405 g/mol. The molecule has 0 bridgehead atoms. The fraction of sp³-hybridized carbons (Fsp3) is 0.158. The maximum absolute atomic E-state index is 12.7. The van der Waals surface area contributed by atoms with Crippen molar-refractivity contribution in [2.24, 2.45) is 0 Å². The van der Waals surface area contributed by atoms with Crippen molar-refractivity contribution < 1.29 is 18.8 Å². The molecule has 0 unspecified atom stereocenters. The highest BCUT2D eigenvalue weighted by molar-refractivity contribution is 6.35. The molecule has 2 aromatic carbocycles. The molecule has 3 aromatic rings. The number of benzene rings is 2. The number of nitrogens with zero attached hydrogens (tertiary/aromatic N) is 1. The Bertz CT molecular complexity index is 1030. The molecular formula is C19H15Cl2N3O4. The molecule has 1 aliphatic rings. The highest BCUT2D eigenvalue weighted by Crippen LogP contribution is 2.33. The van der Waals surface area contributed by atoms with E-state index in [9.17, 15) is 4.79 Å². The van der Waals surface area contributed by atoms with Crippen molar-refractivity contribution in [1.82, 2.24) is 5.16 Å². The van der Waals surface area contributed by atoms with Crippen LogP contribution in [0.15, 0.2) is 40.9 Å². The van der Waals surface area contributed by atoms with Gasteiger partial charge in [-0.15, -0.1) is 0 Å². The Morgan fingerprint density at radius 1 is 1.11 bits per heavy atom. The lowest BCUT2D eigenvalue weighted by Crippen LogP contribution is -2.14. The third-order valence-electron chi connectivity index (χ3n) is 4.10.